The molecule has 0 saturated carbocycles. The van der Waals surface area contributed by atoms with Crippen molar-refractivity contribution < 1.29 is 24.3 Å². The molecule has 1 rings (SSSR count). The summed E-state index contributed by atoms with van der Waals surface area (Å²) >= 11 is 0. The number of carboxylic acid groups (broad SMARTS) is 1. The fourth-order valence-electron chi connectivity index (χ4n) is 3.89. The van der Waals surface area contributed by atoms with E-state index in [9.17, 15) is 24.3 Å². The quantitative estimate of drug-likeness (QED) is 0.169. The normalized spacial score (nSPS) is 14.5. The van der Waals surface area contributed by atoms with Crippen LogP contribution in [0.15, 0.2) is 30.3 Å². The van der Waals surface area contributed by atoms with E-state index in [4.69, 9.17) is 5.73 Å². The Morgan fingerprint density at radius 2 is 1.41 bits per heavy atom. The van der Waals surface area contributed by atoms with Crippen LogP contribution in [0.4, 0.5) is 0 Å². The molecule has 208 valence electrons. The van der Waals surface area contributed by atoms with Crippen LogP contribution in [0.5, 0.6) is 0 Å². The van der Waals surface area contributed by atoms with Crippen LogP contribution in [-0.4, -0.2) is 65.6 Å². The number of amides is 3. The lowest BCUT2D eigenvalue weighted by atomic mass is 10.0. The first-order valence-electron chi connectivity index (χ1n) is 13.1. The van der Waals surface area contributed by atoms with Crippen molar-refractivity contribution in [3.8, 4) is 0 Å². The number of carbonyl (C=O) groups excluding carboxylic acids is 3. The van der Waals surface area contributed by atoms with Crippen LogP contribution in [0.3, 0.4) is 0 Å². The summed E-state index contributed by atoms with van der Waals surface area (Å²) in [7, 11) is 0. The van der Waals surface area contributed by atoms with Crippen molar-refractivity contribution >= 4 is 23.7 Å². The molecule has 0 spiro atoms. The van der Waals surface area contributed by atoms with Gasteiger partial charge in [-0.2, -0.15) is 0 Å². The van der Waals surface area contributed by atoms with Crippen molar-refractivity contribution in [1.29, 1.82) is 0 Å². The molecule has 0 fully saturated rings. The SMILES string of the molecule is CC(C)C[C@H](NC(=O)[C@H](Cc1ccccc1)NC(=O)[C@H](C)NC(=O)[C@H](CCCCN)NC(C)C)C(=O)O. The van der Waals surface area contributed by atoms with Gasteiger partial charge in [0.1, 0.15) is 18.1 Å². The fraction of sp³-hybridized carbons (Fsp3) is 0.630. The van der Waals surface area contributed by atoms with Crippen LogP contribution in [0.1, 0.15) is 65.9 Å². The Balaban J connectivity index is 2.95. The summed E-state index contributed by atoms with van der Waals surface area (Å²) in [6.45, 7) is 9.71. The Bertz CT molecular complexity index is 862. The molecule has 37 heavy (non-hydrogen) atoms. The molecule has 7 N–H and O–H groups in total. The van der Waals surface area contributed by atoms with E-state index in [1.165, 1.54) is 0 Å². The Labute approximate surface area is 220 Å². The van der Waals surface area contributed by atoms with Crippen molar-refractivity contribution in [1.82, 2.24) is 21.3 Å². The zero-order valence-corrected chi connectivity index (χ0v) is 22.8. The van der Waals surface area contributed by atoms with E-state index in [1.807, 2.05) is 58.0 Å². The first kappa shape index (κ1) is 32.0. The summed E-state index contributed by atoms with van der Waals surface area (Å²) in [5, 5.41) is 20.8. The summed E-state index contributed by atoms with van der Waals surface area (Å²) in [5.74, 6) is -2.52. The van der Waals surface area contributed by atoms with Gasteiger partial charge in [0.2, 0.25) is 17.7 Å². The van der Waals surface area contributed by atoms with Gasteiger partial charge in [0.15, 0.2) is 0 Å². The molecule has 3 amide bonds. The maximum Gasteiger partial charge on any atom is 0.326 e. The third kappa shape index (κ3) is 12.7. The number of rotatable bonds is 17. The van der Waals surface area contributed by atoms with Gasteiger partial charge in [-0.05, 0) is 44.2 Å². The van der Waals surface area contributed by atoms with Crippen LogP contribution in [0.25, 0.3) is 0 Å². The summed E-state index contributed by atoms with van der Waals surface area (Å²) in [6, 6.07) is 5.73. The summed E-state index contributed by atoms with van der Waals surface area (Å²) in [4.78, 5) is 50.7. The Hall–Kier alpha value is -2.98. The molecule has 10 nitrogen and oxygen atoms in total. The monoisotopic (exact) mass is 519 g/mol. The minimum atomic E-state index is -1.13. The molecule has 0 radical (unpaired) electrons. The van der Waals surface area contributed by atoms with Gasteiger partial charge in [0, 0.05) is 12.5 Å². The second kappa shape index (κ2) is 16.7. The van der Waals surface area contributed by atoms with E-state index < -0.39 is 42.0 Å². The van der Waals surface area contributed by atoms with Gasteiger partial charge in [0.25, 0.3) is 0 Å². The highest BCUT2D eigenvalue weighted by Gasteiger charge is 2.29. The molecule has 10 heteroatoms. The lowest BCUT2D eigenvalue weighted by Crippen LogP contribution is -2.57. The molecule has 0 aliphatic rings. The van der Waals surface area contributed by atoms with E-state index in [2.05, 4.69) is 21.3 Å². The number of benzene rings is 1. The van der Waals surface area contributed by atoms with Crippen molar-refractivity contribution in [2.75, 3.05) is 6.54 Å². The zero-order chi connectivity index (χ0) is 28.0. The number of hydrogen-bond acceptors (Lipinski definition) is 6. The highest BCUT2D eigenvalue weighted by Crippen LogP contribution is 2.09. The molecular weight excluding hydrogens is 474 g/mol. The number of unbranched alkanes of at least 4 members (excludes halogenated alkanes) is 1. The molecule has 1 aromatic rings. The number of hydrogen-bond donors (Lipinski definition) is 6. The third-order valence-electron chi connectivity index (χ3n) is 5.79. The highest BCUT2D eigenvalue weighted by molar-refractivity contribution is 5.94. The molecular formula is C27H45N5O5. The topological polar surface area (TPSA) is 163 Å². The molecule has 0 aromatic heterocycles. The average Bonchev–Trinajstić information content (AvgIpc) is 2.82. The first-order chi connectivity index (χ1) is 17.4. The predicted octanol–water partition coefficient (Wildman–Crippen LogP) is 1.33. The maximum atomic E-state index is 13.1. The fourth-order valence-corrected chi connectivity index (χ4v) is 3.89. The lowest BCUT2D eigenvalue weighted by molar-refractivity contribution is -0.142. The second-order valence-corrected chi connectivity index (χ2v) is 10.2. The van der Waals surface area contributed by atoms with Gasteiger partial charge in [-0.3, -0.25) is 14.4 Å². The van der Waals surface area contributed by atoms with Crippen LogP contribution >= 0.6 is 0 Å². The van der Waals surface area contributed by atoms with E-state index in [0.29, 0.717) is 13.0 Å². The summed E-state index contributed by atoms with van der Waals surface area (Å²) < 4.78 is 0. The van der Waals surface area contributed by atoms with Crippen molar-refractivity contribution in [3.05, 3.63) is 35.9 Å². The molecule has 0 aliphatic carbocycles. The van der Waals surface area contributed by atoms with E-state index in [-0.39, 0.29) is 30.7 Å². The third-order valence-corrected chi connectivity index (χ3v) is 5.79. The van der Waals surface area contributed by atoms with Crippen LogP contribution in [-0.2, 0) is 25.6 Å². The molecule has 0 saturated heterocycles. The van der Waals surface area contributed by atoms with E-state index >= 15 is 0 Å². The van der Waals surface area contributed by atoms with Gasteiger partial charge >= 0.3 is 5.97 Å². The van der Waals surface area contributed by atoms with Gasteiger partial charge in [-0.15, -0.1) is 0 Å². The Kier molecular flexibility index (Phi) is 14.5. The maximum absolute atomic E-state index is 13.1. The molecule has 1 aromatic carbocycles. The molecule has 0 unspecified atom stereocenters. The molecule has 0 aliphatic heterocycles. The molecule has 4 atom stereocenters. The van der Waals surface area contributed by atoms with Gasteiger partial charge in [-0.1, -0.05) is 64.4 Å². The largest absolute Gasteiger partial charge is 0.480 e. The van der Waals surface area contributed by atoms with E-state index in [1.54, 1.807) is 6.92 Å². The molecule has 0 bridgehead atoms. The van der Waals surface area contributed by atoms with Gasteiger partial charge < -0.3 is 32.1 Å². The Morgan fingerprint density at radius 3 is 1.95 bits per heavy atom. The minimum Gasteiger partial charge on any atom is -0.480 e. The van der Waals surface area contributed by atoms with E-state index in [0.717, 1.165) is 18.4 Å². The summed E-state index contributed by atoms with van der Waals surface area (Å²) in [5.41, 5.74) is 6.37. The first-order valence-corrected chi connectivity index (χ1v) is 13.1. The van der Waals surface area contributed by atoms with Gasteiger partial charge in [0.05, 0.1) is 6.04 Å². The number of carboxylic acids is 1. The van der Waals surface area contributed by atoms with Crippen LogP contribution in [0.2, 0.25) is 0 Å². The standard InChI is InChI=1S/C27H45N5O5/c1-17(2)15-23(27(36)37)32-26(35)22(16-20-11-7-6-8-12-20)31-24(33)19(5)30-25(34)21(29-18(3)4)13-9-10-14-28/h6-8,11-12,17-19,21-23,29H,9-10,13-16,28H2,1-5H3,(H,30,34)(H,31,33)(H,32,35)(H,36,37)/t19-,21-,22-,23-/m0/s1. The Morgan fingerprint density at radius 1 is 0.811 bits per heavy atom. The molecule has 0 heterocycles. The van der Waals surface area contributed by atoms with Crippen LogP contribution < -0.4 is 27.0 Å². The second-order valence-electron chi connectivity index (χ2n) is 10.2. The number of carbonyl (C=O) groups is 4. The minimum absolute atomic E-state index is 0.0519. The summed E-state index contributed by atoms with van der Waals surface area (Å²) in [6.07, 6.45) is 2.58. The number of nitrogens with two attached hydrogens (primary N) is 1. The smallest absolute Gasteiger partial charge is 0.326 e. The average molecular weight is 520 g/mol. The van der Waals surface area contributed by atoms with Crippen molar-refractivity contribution in [2.24, 2.45) is 11.7 Å². The van der Waals surface area contributed by atoms with Crippen molar-refractivity contribution in [3.63, 3.8) is 0 Å². The van der Waals surface area contributed by atoms with Gasteiger partial charge in [-0.25, -0.2) is 4.79 Å². The number of nitrogens with one attached hydrogen (secondary N) is 4. The number of aliphatic carboxylic acids is 1. The highest BCUT2D eigenvalue weighted by atomic mass is 16.4. The van der Waals surface area contributed by atoms with Crippen molar-refractivity contribution in [2.45, 2.75) is 96.9 Å². The van der Waals surface area contributed by atoms with Crippen LogP contribution in [0, 0.1) is 5.92 Å². The zero-order valence-electron chi connectivity index (χ0n) is 22.8. The predicted molar refractivity (Wildman–Crippen MR) is 144 cm³/mol. The lowest BCUT2D eigenvalue weighted by Gasteiger charge is -2.25.